The number of benzene rings is 1. The van der Waals surface area contributed by atoms with Gasteiger partial charge in [-0.15, -0.1) is 0 Å². The van der Waals surface area contributed by atoms with E-state index in [1.165, 1.54) is 23.1 Å². The van der Waals surface area contributed by atoms with Crippen LogP contribution < -0.4 is 14.9 Å². The van der Waals surface area contributed by atoms with Gasteiger partial charge in [-0.05, 0) is 32.0 Å². The highest BCUT2D eigenvalue weighted by molar-refractivity contribution is 7.92. The molecule has 0 saturated carbocycles. The maximum atomic E-state index is 13.3. The van der Waals surface area contributed by atoms with Crippen molar-refractivity contribution in [2.24, 2.45) is 0 Å². The summed E-state index contributed by atoms with van der Waals surface area (Å²) in [5.41, 5.74) is 2.72. The quantitative estimate of drug-likeness (QED) is 0.528. The highest BCUT2D eigenvalue weighted by Gasteiger charge is 2.25. The largest absolute Gasteiger partial charge is 0.354 e. The number of nitrogens with one attached hydrogen (secondary N) is 2. The predicted octanol–water partition coefficient (Wildman–Crippen LogP) is 2.31. The molecule has 0 bridgehead atoms. The third kappa shape index (κ3) is 5.11. The molecule has 34 heavy (non-hydrogen) atoms. The van der Waals surface area contributed by atoms with E-state index in [4.69, 9.17) is 16.6 Å². The summed E-state index contributed by atoms with van der Waals surface area (Å²) < 4.78 is 27.6. The number of aromatic nitrogens is 3. The molecule has 1 aliphatic rings. The lowest BCUT2D eigenvalue weighted by Crippen LogP contribution is -2.44. The summed E-state index contributed by atoms with van der Waals surface area (Å²) in [7, 11) is -1.93. The zero-order valence-electron chi connectivity index (χ0n) is 19.5. The van der Waals surface area contributed by atoms with Crippen molar-refractivity contribution in [1.82, 2.24) is 24.8 Å². The molecule has 10 nitrogen and oxygen atoms in total. The number of aryl methyl sites for hydroxylation is 1. The lowest BCUT2D eigenvalue weighted by Gasteiger charge is -2.29. The zero-order valence-corrected chi connectivity index (χ0v) is 21.1. The first kappa shape index (κ1) is 24.2. The van der Waals surface area contributed by atoms with Gasteiger partial charge in [0, 0.05) is 56.1 Å². The molecule has 2 aromatic heterocycles. The first-order valence-corrected chi connectivity index (χ1v) is 13.2. The second-order valence-electron chi connectivity index (χ2n) is 8.51. The summed E-state index contributed by atoms with van der Waals surface area (Å²) in [6, 6.07) is 5.93. The fourth-order valence-electron chi connectivity index (χ4n) is 3.97. The third-order valence-electron chi connectivity index (χ3n) is 5.88. The summed E-state index contributed by atoms with van der Waals surface area (Å²) >= 11 is 6.10. The number of carbonyl (C=O) groups is 1. The van der Waals surface area contributed by atoms with Crippen LogP contribution >= 0.6 is 11.6 Å². The second kappa shape index (κ2) is 9.40. The lowest BCUT2D eigenvalue weighted by molar-refractivity contribution is 0.0740. The number of nitrogens with zero attached hydrogens (tertiary/aromatic N) is 5. The Labute approximate surface area is 204 Å². The van der Waals surface area contributed by atoms with Crippen LogP contribution in [0.4, 0.5) is 11.5 Å². The van der Waals surface area contributed by atoms with Gasteiger partial charge < -0.3 is 15.1 Å². The molecule has 1 aromatic carbocycles. The van der Waals surface area contributed by atoms with Crippen molar-refractivity contribution in [3.05, 3.63) is 52.3 Å². The van der Waals surface area contributed by atoms with Crippen LogP contribution in [0.3, 0.4) is 0 Å². The molecule has 1 aliphatic heterocycles. The Kier molecular flexibility index (Phi) is 6.70. The van der Waals surface area contributed by atoms with Crippen LogP contribution in [0.1, 0.15) is 34.6 Å². The maximum Gasteiger partial charge on any atom is 0.256 e. The molecule has 1 atom stereocenters. The highest BCUT2D eigenvalue weighted by Crippen LogP contribution is 2.27. The van der Waals surface area contributed by atoms with Gasteiger partial charge in [-0.1, -0.05) is 11.6 Å². The van der Waals surface area contributed by atoms with Gasteiger partial charge in [0.15, 0.2) is 5.65 Å². The minimum atomic E-state index is -3.57. The molecule has 0 spiro atoms. The van der Waals surface area contributed by atoms with Crippen LogP contribution in [-0.2, 0) is 10.0 Å². The predicted molar refractivity (Wildman–Crippen MR) is 133 cm³/mol. The van der Waals surface area contributed by atoms with E-state index >= 15 is 0 Å². The molecule has 1 fully saturated rings. The molecule has 0 unspecified atom stereocenters. The highest BCUT2D eigenvalue weighted by atomic mass is 35.5. The van der Waals surface area contributed by atoms with Crippen LogP contribution in [0.15, 0.2) is 30.5 Å². The number of anilines is 2. The Morgan fingerprint density at radius 1 is 1.26 bits per heavy atom. The first-order chi connectivity index (χ1) is 16.0. The minimum Gasteiger partial charge on any atom is -0.354 e. The Hall–Kier alpha value is -2.89. The van der Waals surface area contributed by atoms with E-state index in [-0.39, 0.29) is 17.2 Å². The summed E-state index contributed by atoms with van der Waals surface area (Å²) in [4.78, 5) is 21.9. The van der Waals surface area contributed by atoms with Crippen LogP contribution in [0.25, 0.3) is 5.65 Å². The topological polar surface area (TPSA) is 112 Å². The summed E-state index contributed by atoms with van der Waals surface area (Å²) in [6.07, 6.45) is 2.98. The molecular formula is C22H28ClN7O3S. The Bertz CT molecular complexity index is 1340. The van der Waals surface area contributed by atoms with E-state index in [1.54, 1.807) is 11.6 Å². The van der Waals surface area contributed by atoms with E-state index in [9.17, 15) is 13.2 Å². The van der Waals surface area contributed by atoms with Crippen molar-refractivity contribution in [2.45, 2.75) is 19.9 Å². The third-order valence-corrected chi connectivity index (χ3v) is 6.70. The summed E-state index contributed by atoms with van der Waals surface area (Å²) in [5, 5.41) is 8.32. The molecule has 12 heteroatoms. The number of fused-ring (bicyclic) bond motifs is 1. The number of hydrogen-bond acceptors (Lipinski definition) is 7. The van der Waals surface area contributed by atoms with E-state index < -0.39 is 16.1 Å². The van der Waals surface area contributed by atoms with Crippen LogP contribution in [-0.4, -0.2) is 73.3 Å². The van der Waals surface area contributed by atoms with E-state index in [1.807, 2.05) is 26.1 Å². The van der Waals surface area contributed by atoms with Crippen LogP contribution in [0.5, 0.6) is 0 Å². The van der Waals surface area contributed by atoms with Gasteiger partial charge in [0.25, 0.3) is 5.91 Å². The molecule has 4 rings (SSSR count). The standard InChI is InChI=1S/C22H28ClN7O3S/c1-14-13-30-20(25-21(14)29-9-7-24-8-10-29)12-19(26-30)15(2)28(3)22(31)17-11-16(23)5-6-18(17)27-34(4,32)33/h5-6,11-13,15,24,27H,7-10H2,1-4H3/t15-/m0/s1. The normalized spacial score (nSPS) is 15.4. The van der Waals surface area contributed by atoms with Crippen molar-refractivity contribution in [2.75, 3.05) is 49.1 Å². The van der Waals surface area contributed by atoms with E-state index in [2.05, 4.69) is 20.0 Å². The van der Waals surface area contributed by atoms with Crippen molar-refractivity contribution < 1.29 is 13.2 Å². The van der Waals surface area contributed by atoms with Crippen molar-refractivity contribution in [3.8, 4) is 0 Å². The Balaban J connectivity index is 1.62. The van der Waals surface area contributed by atoms with Gasteiger partial charge in [-0.3, -0.25) is 9.52 Å². The Morgan fingerprint density at radius 3 is 2.65 bits per heavy atom. The molecule has 1 amide bonds. The number of halogens is 1. The fraction of sp³-hybridized carbons (Fsp3) is 0.409. The van der Waals surface area contributed by atoms with Crippen LogP contribution in [0, 0.1) is 6.92 Å². The van der Waals surface area contributed by atoms with Gasteiger partial charge in [-0.25, -0.2) is 17.9 Å². The fourth-order valence-corrected chi connectivity index (χ4v) is 4.72. The van der Waals surface area contributed by atoms with Gasteiger partial charge >= 0.3 is 0 Å². The number of sulfonamides is 1. The first-order valence-electron chi connectivity index (χ1n) is 10.9. The van der Waals surface area contributed by atoms with E-state index in [0.29, 0.717) is 16.4 Å². The monoisotopic (exact) mass is 505 g/mol. The molecule has 3 aromatic rings. The SMILES string of the molecule is Cc1cn2nc([C@H](C)N(C)C(=O)c3cc(Cl)ccc3NS(C)(=O)=O)cc2nc1N1CCNCC1. The maximum absolute atomic E-state index is 13.3. The van der Waals surface area contributed by atoms with Crippen LogP contribution in [0.2, 0.25) is 5.02 Å². The average molecular weight is 506 g/mol. The number of rotatable bonds is 6. The zero-order chi connectivity index (χ0) is 24.6. The van der Waals surface area contributed by atoms with Crippen molar-refractivity contribution in [3.63, 3.8) is 0 Å². The lowest BCUT2D eigenvalue weighted by atomic mass is 10.1. The molecule has 182 valence electrons. The molecule has 2 N–H and O–H groups in total. The number of amides is 1. The minimum absolute atomic E-state index is 0.158. The number of piperazine rings is 1. The summed E-state index contributed by atoms with van der Waals surface area (Å²) in [6.45, 7) is 7.49. The summed E-state index contributed by atoms with van der Waals surface area (Å²) in [5.74, 6) is 0.553. The van der Waals surface area contributed by atoms with Gasteiger partial charge in [-0.2, -0.15) is 5.10 Å². The molecule has 0 radical (unpaired) electrons. The van der Waals surface area contributed by atoms with Gasteiger partial charge in [0.1, 0.15) is 5.82 Å². The number of hydrogen-bond donors (Lipinski definition) is 2. The van der Waals surface area contributed by atoms with Crippen molar-refractivity contribution >= 4 is 44.7 Å². The molecular weight excluding hydrogens is 478 g/mol. The average Bonchev–Trinajstić information content (AvgIpc) is 3.20. The van der Waals surface area contributed by atoms with Gasteiger partial charge in [0.2, 0.25) is 10.0 Å². The molecule has 3 heterocycles. The van der Waals surface area contributed by atoms with Crippen molar-refractivity contribution in [1.29, 1.82) is 0 Å². The van der Waals surface area contributed by atoms with Gasteiger partial charge in [0.05, 0.1) is 29.2 Å². The van der Waals surface area contributed by atoms with E-state index in [0.717, 1.165) is 43.8 Å². The molecule has 1 saturated heterocycles. The smallest absolute Gasteiger partial charge is 0.256 e. The number of carbonyl (C=O) groups excluding carboxylic acids is 1. The Morgan fingerprint density at radius 2 is 1.97 bits per heavy atom. The second-order valence-corrected chi connectivity index (χ2v) is 10.7. The molecule has 0 aliphatic carbocycles.